The lowest BCUT2D eigenvalue weighted by Gasteiger charge is -2.14. The molecule has 0 aliphatic rings. The summed E-state index contributed by atoms with van der Waals surface area (Å²) in [6.07, 6.45) is 1.05. The van der Waals surface area contributed by atoms with Crippen LogP contribution in [0.5, 0.6) is 0 Å². The molecule has 0 bridgehead atoms. The zero-order valence-corrected chi connectivity index (χ0v) is 13.5. The van der Waals surface area contributed by atoms with Crippen molar-refractivity contribution in [3.8, 4) is 0 Å². The summed E-state index contributed by atoms with van der Waals surface area (Å²) in [7, 11) is 0. The number of halogens is 1. The second-order valence-corrected chi connectivity index (χ2v) is 5.63. The first-order chi connectivity index (χ1) is 9.58. The molecule has 106 valence electrons. The zero-order chi connectivity index (χ0) is 14.5. The van der Waals surface area contributed by atoms with E-state index >= 15 is 0 Å². The van der Waals surface area contributed by atoms with E-state index in [2.05, 4.69) is 50.4 Å². The third-order valence-electron chi connectivity index (χ3n) is 2.98. The fourth-order valence-corrected chi connectivity index (χ4v) is 2.12. The third-order valence-corrected chi connectivity index (χ3v) is 3.67. The Morgan fingerprint density at radius 1 is 1.25 bits per heavy atom. The molecule has 0 aliphatic heterocycles. The Bertz CT molecular complexity index is 586. The molecule has 0 saturated carbocycles. The van der Waals surface area contributed by atoms with Crippen molar-refractivity contribution in [2.45, 2.75) is 33.2 Å². The number of para-hydroxylation sites is 1. The van der Waals surface area contributed by atoms with Crippen molar-refractivity contribution in [1.29, 1.82) is 0 Å². The molecular formula is C15H19BrN4. The van der Waals surface area contributed by atoms with Crippen LogP contribution < -0.4 is 10.6 Å². The third kappa shape index (κ3) is 3.93. The highest BCUT2D eigenvalue weighted by Gasteiger charge is 2.06. The SMILES string of the molecule is CCC(C)Nc1cc(C)nc(Nc2ccccc2Br)n1. The highest BCUT2D eigenvalue weighted by Crippen LogP contribution is 2.24. The molecule has 0 saturated heterocycles. The summed E-state index contributed by atoms with van der Waals surface area (Å²) >= 11 is 3.51. The molecule has 2 rings (SSSR count). The van der Waals surface area contributed by atoms with Crippen molar-refractivity contribution in [1.82, 2.24) is 9.97 Å². The van der Waals surface area contributed by atoms with E-state index in [0.29, 0.717) is 12.0 Å². The predicted octanol–water partition coefficient (Wildman–Crippen LogP) is 4.50. The first-order valence-electron chi connectivity index (χ1n) is 6.72. The van der Waals surface area contributed by atoms with Crippen molar-refractivity contribution in [3.05, 3.63) is 40.5 Å². The molecule has 1 aromatic heterocycles. The first kappa shape index (κ1) is 14.8. The summed E-state index contributed by atoms with van der Waals surface area (Å²) in [4.78, 5) is 8.92. The van der Waals surface area contributed by atoms with Gasteiger partial charge in [-0.1, -0.05) is 19.1 Å². The van der Waals surface area contributed by atoms with E-state index in [1.165, 1.54) is 0 Å². The smallest absolute Gasteiger partial charge is 0.229 e. The number of anilines is 3. The molecule has 0 spiro atoms. The summed E-state index contributed by atoms with van der Waals surface area (Å²) in [5.74, 6) is 1.45. The van der Waals surface area contributed by atoms with Crippen LogP contribution in [0.1, 0.15) is 26.0 Å². The number of aromatic nitrogens is 2. The summed E-state index contributed by atoms with van der Waals surface area (Å²) in [5, 5.41) is 6.61. The van der Waals surface area contributed by atoms with Gasteiger partial charge in [0.05, 0.1) is 5.69 Å². The Balaban J connectivity index is 2.22. The van der Waals surface area contributed by atoms with Crippen LogP contribution >= 0.6 is 15.9 Å². The molecule has 0 fully saturated rings. The Hall–Kier alpha value is -1.62. The van der Waals surface area contributed by atoms with Gasteiger partial charge < -0.3 is 10.6 Å². The van der Waals surface area contributed by atoms with E-state index in [1.54, 1.807) is 0 Å². The standard InChI is InChI=1S/C15H19BrN4/c1-4-10(2)17-14-9-11(3)18-15(20-14)19-13-8-6-5-7-12(13)16/h5-10H,4H2,1-3H3,(H2,17,18,19,20). The maximum atomic E-state index is 4.50. The lowest BCUT2D eigenvalue weighted by atomic mass is 10.2. The minimum Gasteiger partial charge on any atom is -0.367 e. The molecule has 5 heteroatoms. The number of benzene rings is 1. The van der Waals surface area contributed by atoms with Crippen LogP contribution in [0.3, 0.4) is 0 Å². The average molecular weight is 335 g/mol. The highest BCUT2D eigenvalue weighted by molar-refractivity contribution is 9.10. The van der Waals surface area contributed by atoms with Crippen molar-refractivity contribution >= 4 is 33.4 Å². The van der Waals surface area contributed by atoms with E-state index in [0.717, 1.165) is 28.1 Å². The van der Waals surface area contributed by atoms with Crippen LogP contribution in [-0.2, 0) is 0 Å². The summed E-state index contributed by atoms with van der Waals surface area (Å²) in [6, 6.07) is 10.3. The lowest BCUT2D eigenvalue weighted by molar-refractivity contribution is 0.758. The van der Waals surface area contributed by atoms with Gasteiger partial charge in [0.2, 0.25) is 5.95 Å². The molecule has 20 heavy (non-hydrogen) atoms. The molecule has 2 aromatic rings. The number of hydrogen-bond acceptors (Lipinski definition) is 4. The van der Waals surface area contributed by atoms with Gasteiger partial charge >= 0.3 is 0 Å². The fraction of sp³-hybridized carbons (Fsp3) is 0.333. The molecule has 0 amide bonds. The van der Waals surface area contributed by atoms with E-state index in [1.807, 2.05) is 37.3 Å². The molecule has 1 unspecified atom stereocenters. The Labute approximate surface area is 128 Å². The van der Waals surface area contributed by atoms with Crippen LogP contribution in [0.4, 0.5) is 17.5 Å². The molecular weight excluding hydrogens is 316 g/mol. The van der Waals surface area contributed by atoms with Crippen LogP contribution in [0.15, 0.2) is 34.8 Å². The van der Waals surface area contributed by atoms with E-state index in [-0.39, 0.29) is 0 Å². The number of rotatable bonds is 5. The first-order valence-corrected chi connectivity index (χ1v) is 7.51. The fourth-order valence-electron chi connectivity index (χ4n) is 1.74. The molecule has 0 radical (unpaired) electrons. The van der Waals surface area contributed by atoms with Gasteiger partial charge in [-0.25, -0.2) is 4.98 Å². The topological polar surface area (TPSA) is 49.8 Å². The second kappa shape index (κ2) is 6.70. The second-order valence-electron chi connectivity index (χ2n) is 4.78. The van der Waals surface area contributed by atoms with Crippen LogP contribution in [-0.4, -0.2) is 16.0 Å². The minimum atomic E-state index is 0.389. The number of aryl methyl sites for hydroxylation is 1. The zero-order valence-electron chi connectivity index (χ0n) is 11.9. The van der Waals surface area contributed by atoms with Crippen LogP contribution in [0.25, 0.3) is 0 Å². The summed E-state index contributed by atoms with van der Waals surface area (Å²) in [6.45, 7) is 6.25. The summed E-state index contributed by atoms with van der Waals surface area (Å²) in [5.41, 5.74) is 1.88. The molecule has 1 aromatic carbocycles. The number of nitrogens with zero attached hydrogens (tertiary/aromatic N) is 2. The minimum absolute atomic E-state index is 0.389. The normalized spacial score (nSPS) is 12.0. The van der Waals surface area contributed by atoms with Gasteiger partial charge in [-0.3, -0.25) is 0 Å². The molecule has 0 aliphatic carbocycles. The van der Waals surface area contributed by atoms with Crippen LogP contribution in [0, 0.1) is 6.92 Å². The lowest BCUT2D eigenvalue weighted by Crippen LogP contribution is -2.15. The van der Waals surface area contributed by atoms with E-state index in [9.17, 15) is 0 Å². The van der Waals surface area contributed by atoms with Gasteiger partial charge in [-0.05, 0) is 48.3 Å². The maximum absolute atomic E-state index is 4.50. The van der Waals surface area contributed by atoms with Crippen molar-refractivity contribution in [3.63, 3.8) is 0 Å². The quantitative estimate of drug-likeness (QED) is 0.845. The Morgan fingerprint density at radius 3 is 2.70 bits per heavy atom. The molecule has 4 nitrogen and oxygen atoms in total. The average Bonchev–Trinajstić information content (AvgIpc) is 2.40. The molecule has 1 heterocycles. The highest BCUT2D eigenvalue weighted by atomic mass is 79.9. The Kier molecular flexibility index (Phi) is 4.95. The maximum Gasteiger partial charge on any atom is 0.229 e. The van der Waals surface area contributed by atoms with Gasteiger partial charge in [-0.15, -0.1) is 0 Å². The monoisotopic (exact) mass is 334 g/mol. The van der Waals surface area contributed by atoms with Gasteiger partial charge in [0.15, 0.2) is 0 Å². The number of nitrogens with one attached hydrogen (secondary N) is 2. The Morgan fingerprint density at radius 2 is 2.00 bits per heavy atom. The van der Waals surface area contributed by atoms with Gasteiger partial charge in [0, 0.05) is 22.3 Å². The van der Waals surface area contributed by atoms with Gasteiger partial charge in [0.25, 0.3) is 0 Å². The van der Waals surface area contributed by atoms with Gasteiger partial charge in [-0.2, -0.15) is 4.98 Å². The van der Waals surface area contributed by atoms with Crippen molar-refractivity contribution in [2.75, 3.05) is 10.6 Å². The van der Waals surface area contributed by atoms with E-state index in [4.69, 9.17) is 0 Å². The largest absolute Gasteiger partial charge is 0.367 e. The van der Waals surface area contributed by atoms with Crippen molar-refractivity contribution in [2.24, 2.45) is 0 Å². The van der Waals surface area contributed by atoms with Gasteiger partial charge in [0.1, 0.15) is 5.82 Å². The molecule has 1 atom stereocenters. The number of hydrogen-bond donors (Lipinski definition) is 2. The predicted molar refractivity (Wildman–Crippen MR) is 87.6 cm³/mol. The van der Waals surface area contributed by atoms with E-state index < -0.39 is 0 Å². The van der Waals surface area contributed by atoms with Crippen molar-refractivity contribution < 1.29 is 0 Å². The summed E-state index contributed by atoms with van der Waals surface area (Å²) < 4.78 is 0.988. The molecule has 2 N–H and O–H groups in total. The van der Waals surface area contributed by atoms with Crippen LogP contribution in [0.2, 0.25) is 0 Å².